The molecule has 0 aromatic heterocycles. The first kappa shape index (κ1) is 28.0. The molecule has 0 aliphatic carbocycles. The van der Waals surface area contributed by atoms with Crippen molar-refractivity contribution in [3.8, 4) is 33.4 Å². The van der Waals surface area contributed by atoms with Gasteiger partial charge in [-0.3, -0.25) is 0 Å². The van der Waals surface area contributed by atoms with Crippen molar-refractivity contribution >= 4 is 86.2 Å². The second-order valence-corrected chi connectivity index (χ2v) is 14.2. The normalized spacial score (nSPS) is 12.2. The maximum atomic E-state index is 2.53. The molecule has 12 rings (SSSR count). The van der Waals surface area contributed by atoms with Gasteiger partial charge in [-0.25, -0.2) is 0 Å². The quantitative estimate of drug-likeness (QED) is 0.166. The highest BCUT2D eigenvalue weighted by Crippen LogP contribution is 2.57. The molecule has 238 valence electrons. The van der Waals surface area contributed by atoms with Crippen LogP contribution in [0.4, 0.5) is 0 Å². The average Bonchev–Trinajstić information content (AvgIpc) is 3.72. The molecular weight excluding hydrogens is 625 g/mol. The summed E-state index contributed by atoms with van der Waals surface area (Å²) in [5, 5.41) is 21.2. The Morgan fingerprint density at radius 3 is 1.15 bits per heavy atom. The summed E-state index contributed by atoms with van der Waals surface area (Å²) >= 11 is 0. The van der Waals surface area contributed by atoms with E-state index in [1.165, 1.54) is 120 Å². The lowest BCUT2D eigenvalue weighted by Gasteiger charge is -2.19. The van der Waals surface area contributed by atoms with Crippen LogP contribution < -0.4 is 0 Å². The fourth-order valence-electron chi connectivity index (χ4n) is 9.77. The number of rotatable bonds is 3. The molecule has 0 unspecified atom stereocenters. The third kappa shape index (κ3) is 3.56. The zero-order valence-electron chi connectivity index (χ0n) is 28.3. The molecule has 0 bridgehead atoms. The Morgan fingerprint density at radius 1 is 0.173 bits per heavy atom. The van der Waals surface area contributed by atoms with E-state index in [0.29, 0.717) is 0 Å². The molecule has 0 spiro atoms. The Hall–Kier alpha value is -6.76. The van der Waals surface area contributed by atoms with Gasteiger partial charge in [-0.05, 0) is 126 Å². The minimum absolute atomic E-state index is 1.24. The largest absolute Gasteiger partial charge is 0.0622 e. The summed E-state index contributed by atoms with van der Waals surface area (Å²) in [4.78, 5) is 0. The number of hydrogen-bond donors (Lipinski definition) is 0. The van der Waals surface area contributed by atoms with Crippen molar-refractivity contribution in [1.82, 2.24) is 0 Å². The SMILES string of the molecule is c1ccc(-c2c3c(cc4c5ccccc5c5cccc3c54)c(-c3ccccc3)c3c2c2cccc4c5ccccc5c(-c5ccccc5)c3c42)cc1. The molecule has 0 N–H and O–H groups in total. The van der Waals surface area contributed by atoms with Crippen LogP contribution in [0, 0.1) is 0 Å². The third-order valence-electron chi connectivity index (χ3n) is 11.7. The molecule has 0 fully saturated rings. The monoisotopic (exact) mass is 654 g/mol. The van der Waals surface area contributed by atoms with Crippen molar-refractivity contribution in [2.24, 2.45) is 0 Å². The zero-order valence-corrected chi connectivity index (χ0v) is 28.3. The molecule has 12 aromatic rings. The van der Waals surface area contributed by atoms with Crippen LogP contribution >= 0.6 is 0 Å². The van der Waals surface area contributed by atoms with E-state index in [4.69, 9.17) is 0 Å². The van der Waals surface area contributed by atoms with Crippen molar-refractivity contribution in [2.75, 3.05) is 0 Å². The summed E-state index contributed by atoms with van der Waals surface area (Å²) in [5.41, 5.74) is 7.67. The van der Waals surface area contributed by atoms with Crippen LogP contribution in [0.25, 0.3) is 120 Å². The highest BCUT2D eigenvalue weighted by atomic mass is 14.3. The van der Waals surface area contributed by atoms with E-state index in [1.54, 1.807) is 0 Å². The number of hydrogen-bond acceptors (Lipinski definition) is 0. The molecule has 0 nitrogen and oxygen atoms in total. The van der Waals surface area contributed by atoms with Crippen molar-refractivity contribution in [1.29, 1.82) is 0 Å². The molecule has 0 aliphatic rings. The fourth-order valence-corrected chi connectivity index (χ4v) is 9.77. The number of fused-ring (bicyclic) bond motifs is 10. The molecule has 0 heterocycles. The van der Waals surface area contributed by atoms with E-state index >= 15 is 0 Å². The van der Waals surface area contributed by atoms with Crippen LogP contribution in [0.5, 0.6) is 0 Å². The summed E-state index contributed by atoms with van der Waals surface area (Å²) in [6.45, 7) is 0. The summed E-state index contributed by atoms with van der Waals surface area (Å²) < 4.78 is 0. The Bertz CT molecular complexity index is 3360. The van der Waals surface area contributed by atoms with E-state index in [2.05, 4.69) is 182 Å². The first-order chi connectivity index (χ1) is 25.9. The van der Waals surface area contributed by atoms with Gasteiger partial charge in [-0.1, -0.05) is 176 Å². The first-order valence-corrected chi connectivity index (χ1v) is 18.2. The van der Waals surface area contributed by atoms with Crippen molar-refractivity contribution < 1.29 is 0 Å². The minimum atomic E-state index is 1.24. The van der Waals surface area contributed by atoms with Gasteiger partial charge in [0.05, 0.1) is 0 Å². The van der Waals surface area contributed by atoms with E-state index in [1.807, 2.05) is 0 Å². The van der Waals surface area contributed by atoms with Crippen LogP contribution in [-0.2, 0) is 0 Å². The highest BCUT2D eigenvalue weighted by Gasteiger charge is 2.28. The van der Waals surface area contributed by atoms with Gasteiger partial charge in [-0.2, -0.15) is 0 Å². The van der Waals surface area contributed by atoms with Crippen molar-refractivity contribution in [3.63, 3.8) is 0 Å². The van der Waals surface area contributed by atoms with Gasteiger partial charge in [0, 0.05) is 0 Å². The van der Waals surface area contributed by atoms with Crippen molar-refractivity contribution in [2.45, 2.75) is 0 Å². The zero-order chi connectivity index (χ0) is 33.9. The van der Waals surface area contributed by atoms with Crippen LogP contribution in [0.15, 0.2) is 182 Å². The Morgan fingerprint density at radius 2 is 0.558 bits per heavy atom. The van der Waals surface area contributed by atoms with Crippen molar-refractivity contribution in [3.05, 3.63) is 182 Å². The second-order valence-electron chi connectivity index (χ2n) is 14.2. The van der Waals surface area contributed by atoms with Gasteiger partial charge < -0.3 is 0 Å². The molecule has 0 saturated carbocycles. The van der Waals surface area contributed by atoms with Gasteiger partial charge in [0.15, 0.2) is 0 Å². The molecule has 0 radical (unpaired) electrons. The fraction of sp³-hybridized carbons (Fsp3) is 0. The molecular formula is C52H30. The van der Waals surface area contributed by atoms with Crippen LogP contribution in [0.2, 0.25) is 0 Å². The summed E-state index contributed by atoms with van der Waals surface area (Å²) in [6.07, 6.45) is 0. The molecule has 0 aliphatic heterocycles. The minimum Gasteiger partial charge on any atom is -0.0622 e. The molecule has 0 amide bonds. The van der Waals surface area contributed by atoms with Gasteiger partial charge in [-0.15, -0.1) is 0 Å². The van der Waals surface area contributed by atoms with Gasteiger partial charge in [0.1, 0.15) is 0 Å². The highest BCUT2D eigenvalue weighted by molar-refractivity contribution is 6.48. The Balaban J connectivity index is 1.49. The predicted octanol–water partition coefficient (Wildman–Crippen LogP) is 14.8. The third-order valence-corrected chi connectivity index (χ3v) is 11.7. The first-order valence-electron chi connectivity index (χ1n) is 18.2. The van der Waals surface area contributed by atoms with E-state index < -0.39 is 0 Å². The van der Waals surface area contributed by atoms with Crippen LogP contribution in [0.1, 0.15) is 0 Å². The summed E-state index contributed by atoms with van der Waals surface area (Å²) in [7, 11) is 0. The Kier molecular flexibility index (Phi) is 5.59. The standard InChI is InChI=1S/C52H30/c1-4-16-31(17-5-1)44-37-25-13-12-24-36(37)39-27-15-29-41-48(39)51(44)52-45(32-18-6-2-7-19-32)43-30-42-35-23-11-10-22-34(35)38-26-14-28-40(47(38)42)49(43)46(50(41)52)33-20-8-3-9-21-33/h1-30H. The molecule has 0 atom stereocenters. The van der Waals surface area contributed by atoms with Gasteiger partial charge in [0.2, 0.25) is 0 Å². The molecule has 52 heavy (non-hydrogen) atoms. The van der Waals surface area contributed by atoms with Gasteiger partial charge >= 0.3 is 0 Å². The van der Waals surface area contributed by atoms with Crippen LogP contribution in [-0.4, -0.2) is 0 Å². The predicted molar refractivity (Wildman–Crippen MR) is 225 cm³/mol. The molecule has 0 saturated heterocycles. The summed E-state index contributed by atoms with van der Waals surface area (Å²) in [5.74, 6) is 0. The second kappa shape index (κ2) is 10.4. The smallest absolute Gasteiger partial charge is 0.0000929 e. The topological polar surface area (TPSA) is 0 Å². The summed E-state index contributed by atoms with van der Waals surface area (Å²) in [6, 6.07) is 67.8. The van der Waals surface area contributed by atoms with Crippen LogP contribution in [0.3, 0.4) is 0 Å². The lowest BCUT2D eigenvalue weighted by Crippen LogP contribution is -1.92. The van der Waals surface area contributed by atoms with Gasteiger partial charge in [0.25, 0.3) is 0 Å². The number of benzene rings is 10. The van der Waals surface area contributed by atoms with E-state index in [0.717, 1.165) is 0 Å². The molecule has 0 heteroatoms. The Labute approximate surface area is 300 Å². The lowest BCUT2D eigenvalue weighted by atomic mass is 9.83. The lowest BCUT2D eigenvalue weighted by molar-refractivity contribution is 1.67. The maximum absolute atomic E-state index is 2.53. The average molecular weight is 655 g/mol. The van der Waals surface area contributed by atoms with E-state index in [9.17, 15) is 0 Å². The maximum Gasteiger partial charge on any atom is -0.0000929 e. The van der Waals surface area contributed by atoms with E-state index in [-0.39, 0.29) is 0 Å². The molecule has 12 aromatic carbocycles.